The number of ether oxygens (including phenoxy) is 1. The average Bonchev–Trinajstić information content (AvgIpc) is 2.99. The van der Waals surface area contributed by atoms with Crippen LogP contribution in [0, 0.1) is 0 Å². The van der Waals surface area contributed by atoms with E-state index in [1.807, 2.05) is 11.8 Å². The van der Waals surface area contributed by atoms with E-state index in [4.69, 9.17) is 4.74 Å². The largest absolute Gasteiger partial charge is 0.378 e. The lowest BCUT2D eigenvalue weighted by molar-refractivity contribution is -0.122. The van der Waals surface area contributed by atoms with Gasteiger partial charge in [-0.1, -0.05) is 13.3 Å². The molecule has 0 bridgehead atoms. The zero-order valence-electron chi connectivity index (χ0n) is 11.3. The molecule has 18 heavy (non-hydrogen) atoms. The van der Waals surface area contributed by atoms with Gasteiger partial charge in [-0.05, 0) is 37.9 Å². The van der Waals surface area contributed by atoms with Crippen molar-refractivity contribution in [3.8, 4) is 0 Å². The molecule has 2 fully saturated rings. The van der Waals surface area contributed by atoms with Crippen molar-refractivity contribution >= 4 is 17.7 Å². The van der Waals surface area contributed by atoms with Gasteiger partial charge in [0.25, 0.3) is 0 Å². The molecule has 1 heterocycles. The highest BCUT2D eigenvalue weighted by Crippen LogP contribution is 2.30. The van der Waals surface area contributed by atoms with E-state index in [2.05, 4.69) is 12.2 Å². The normalized spacial score (nSPS) is 31.7. The van der Waals surface area contributed by atoms with Crippen LogP contribution < -0.4 is 5.32 Å². The predicted molar refractivity (Wildman–Crippen MR) is 75.9 cm³/mol. The summed E-state index contributed by atoms with van der Waals surface area (Å²) in [4.78, 5) is 11.9. The Labute approximate surface area is 114 Å². The summed E-state index contributed by atoms with van der Waals surface area (Å²) in [5.41, 5.74) is 0. The summed E-state index contributed by atoms with van der Waals surface area (Å²) in [6, 6.07) is 0.409. The minimum Gasteiger partial charge on any atom is -0.378 e. The Balaban J connectivity index is 1.66. The van der Waals surface area contributed by atoms with Crippen LogP contribution >= 0.6 is 11.8 Å². The molecule has 0 unspecified atom stereocenters. The van der Waals surface area contributed by atoms with Crippen molar-refractivity contribution in [3.63, 3.8) is 0 Å². The molecule has 1 saturated heterocycles. The van der Waals surface area contributed by atoms with Crippen LogP contribution in [0.5, 0.6) is 0 Å². The lowest BCUT2D eigenvalue weighted by Crippen LogP contribution is -2.39. The Morgan fingerprint density at radius 2 is 2.22 bits per heavy atom. The first-order valence-electron chi connectivity index (χ1n) is 7.32. The second-order valence-corrected chi connectivity index (χ2v) is 6.79. The summed E-state index contributed by atoms with van der Waals surface area (Å²) in [5, 5.41) is 3.86. The highest BCUT2D eigenvalue weighted by Gasteiger charge is 2.28. The monoisotopic (exact) mass is 271 g/mol. The zero-order chi connectivity index (χ0) is 12.8. The fraction of sp³-hybridized carbons (Fsp3) is 0.929. The topological polar surface area (TPSA) is 38.3 Å². The number of hydrogen-bond acceptors (Lipinski definition) is 3. The van der Waals surface area contributed by atoms with Gasteiger partial charge in [-0.15, -0.1) is 0 Å². The molecule has 1 aliphatic heterocycles. The standard InChI is InChI=1S/C14H25NO2S/c1-2-18-13-7-3-6-12(13)15-14(16)9-8-11-5-4-10-17-11/h11-13H,2-10H2,1H3,(H,15,16)/t11-,12+,13-/m1/s1. The molecular weight excluding hydrogens is 246 g/mol. The first-order chi connectivity index (χ1) is 8.79. The Hall–Kier alpha value is -0.220. The SMILES string of the molecule is CCS[C@@H]1CCC[C@@H]1NC(=O)CC[C@H]1CCCO1. The minimum atomic E-state index is 0.221. The number of hydrogen-bond donors (Lipinski definition) is 1. The molecule has 4 heteroatoms. The Morgan fingerprint density at radius 3 is 2.94 bits per heavy atom. The van der Waals surface area contributed by atoms with E-state index in [9.17, 15) is 4.79 Å². The summed E-state index contributed by atoms with van der Waals surface area (Å²) in [6.07, 6.45) is 7.82. The van der Waals surface area contributed by atoms with Crippen molar-refractivity contribution in [2.45, 2.75) is 69.3 Å². The van der Waals surface area contributed by atoms with Crippen molar-refractivity contribution < 1.29 is 9.53 Å². The van der Waals surface area contributed by atoms with Crippen LogP contribution in [-0.4, -0.2) is 35.7 Å². The number of carbonyl (C=O) groups excluding carboxylic acids is 1. The predicted octanol–water partition coefficient (Wildman–Crippen LogP) is 2.74. The average molecular weight is 271 g/mol. The molecule has 3 nitrogen and oxygen atoms in total. The Bertz CT molecular complexity index is 267. The highest BCUT2D eigenvalue weighted by atomic mass is 32.2. The molecule has 1 saturated carbocycles. The van der Waals surface area contributed by atoms with Crippen LogP contribution in [0.3, 0.4) is 0 Å². The number of rotatable bonds is 6. The third-order valence-electron chi connectivity index (χ3n) is 3.90. The maximum Gasteiger partial charge on any atom is 0.220 e. The molecule has 0 aromatic heterocycles. The van der Waals surface area contributed by atoms with Crippen molar-refractivity contribution in [2.75, 3.05) is 12.4 Å². The maximum atomic E-state index is 11.9. The van der Waals surface area contributed by atoms with Crippen LogP contribution in [0.1, 0.15) is 51.9 Å². The van der Waals surface area contributed by atoms with E-state index in [0.29, 0.717) is 23.8 Å². The molecule has 0 aromatic rings. The molecule has 0 spiro atoms. The van der Waals surface area contributed by atoms with Gasteiger partial charge in [0.05, 0.1) is 6.10 Å². The third-order valence-corrected chi connectivity index (χ3v) is 5.22. The number of amides is 1. The fourth-order valence-electron chi connectivity index (χ4n) is 2.95. The summed E-state index contributed by atoms with van der Waals surface area (Å²) < 4.78 is 5.55. The third kappa shape index (κ3) is 4.16. The quantitative estimate of drug-likeness (QED) is 0.807. The second kappa shape index (κ2) is 7.39. The van der Waals surface area contributed by atoms with Gasteiger partial charge in [-0.2, -0.15) is 11.8 Å². The Morgan fingerprint density at radius 1 is 1.33 bits per heavy atom. The lowest BCUT2D eigenvalue weighted by atomic mass is 10.1. The van der Waals surface area contributed by atoms with E-state index >= 15 is 0 Å². The molecule has 2 rings (SSSR count). The first-order valence-corrected chi connectivity index (χ1v) is 8.37. The van der Waals surface area contributed by atoms with Crippen molar-refractivity contribution in [1.29, 1.82) is 0 Å². The lowest BCUT2D eigenvalue weighted by Gasteiger charge is -2.20. The zero-order valence-corrected chi connectivity index (χ0v) is 12.1. The van der Waals surface area contributed by atoms with E-state index < -0.39 is 0 Å². The van der Waals surface area contributed by atoms with Crippen molar-refractivity contribution in [2.24, 2.45) is 0 Å². The molecule has 1 N–H and O–H groups in total. The van der Waals surface area contributed by atoms with Crippen LogP contribution in [0.2, 0.25) is 0 Å². The maximum absolute atomic E-state index is 11.9. The smallest absolute Gasteiger partial charge is 0.220 e. The van der Waals surface area contributed by atoms with Crippen LogP contribution in [-0.2, 0) is 9.53 Å². The number of nitrogens with one attached hydrogen (secondary N) is 1. The second-order valence-electron chi connectivity index (χ2n) is 5.27. The molecule has 104 valence electrons. The van der Waals surface area contributed by atoms with Crippen LogP contribution in [0.25, 0.3) is 0 Å². The molecule has 1 amide bonds. The van der Waals surface area contributed by atoms with Crippen molar-refractivity contribution in [3.05, 3.63) is 0 Å². The van der Waals surface area contributed by atoms with E-state index in [-0.39, 0.29) is 5.91 Å². The van der Waals surface area contributed by atoms with Gasteiger partial charge in [-0.25, -0.2) is 0 Å². The molecule has 0 aromatic carbocycles. The van der Waals surface area contributed by atoms with Gasteiger partial charge in [0.1, 0.15) is 0 Å². The number of thioether (sulfide) groups is 1. The number of carbonyl (C=O) groups is 1. The van der Waals surface area contributed by atoms with Gasteiger partial charge >= 0.3 is 0 Å². The van der Waals surface area contributed by atoms with Crippen LogP contribution in [0.15, 0.2) is 0 Å². The van der Waals surface area contributed by atoms with Crippen LogP contribution in [0.4, 0.5) is 0 Å². The van der Waals surface area contributed by atoms with Gasteiger partial charge < -0.3 is 10.1 Å². The fourth-order valence-corrected chi connectivity index (χ4v) is 4.15. The Kier molecular flexibility index (Phi) is 5.83. The van der Waals surface area contributed by atoms with Gasteiger partial charge in [0.2, 0.25) is 5.91 Å². The molecule has 0 radical (unpaired) electrons. The molecule has 2 aliphatic rings. The van der Waals surface area contributed by atoms with E-state index in [1.165, 1.54) is 12.8 Å². The first kappa shape index (κ1) is 14.2. The van der Waals surface area contributed by atoms with E-state index in [0.717, 1.165) is 38.0 Å². The summed E-state index contributed by atoms with van der Waals surface area (Å²) in [6.45, 7) is 3.07. The van der Waals surface area contributed by atoms with Gasteiger partial charge in [0.15, 0.2) is 0 Å². The molecule has 1 aliphatic carbocycles. The van der Waals surface area contributed by atoms with Crippen molar-refractivity contribution in [1.82, 2.24) is 5.32 Å². The van der Waals surface area contributed by atoms with Gasteiger partial charge in [-0.3, -0.25) is 4.79 Å². The van der Waals surface area contributed by atoms with E-state index in [1.54, 1.807) is 0 Å². The molecule has 3 atom stereocenters. The summed E-state index contributed by atoms with van der Waals surface area (Å²) >= 11 is 1.99. The highest BCUT2D eigenvalue weighted by molar-refractivity contribution is 7.99. The minimum absolute atomic E-state index is 0.221. The summed E-state index contributed by atoms with van der Waals surface area (Å²) in [7, 11) is 0. The van der Waals surface area contributed by atoms with Gasteiger partial charge in [0, 0.05) is 24.3 Å². The summed E-state index contributed by atoms with van der Waals surface area (Å²) in [5.74, 6) is 1.37. The molecular formula is C14H25NO2S.